The van der Waals surface area contributed by atoms with Crippen molar-refractivity contribution in [2.75, 3.05) is 14.2 Å². The molecule has 0 heterocycles. The van der Waals surface area contributed by atoms with Crippen LogP contribution in [0.25, 0.3) is 0 Å². The van der Waals surface area contributed by atoms with Crippen LogP contribution in [-0.2, 0) is 19.1 Å². The van der Waals surface area contributed by atoms with Crippen LogP contribution >= 0.6 is 0 Å². The second-order valence-corrected chi connectivity index (χ2v) is 3.67. The highest BCUT2D eigenvalue weighted by Gasteiger charge is 2.26. The second-order valence-electron chi connectivity index (χ2n) is 3.67. The van der Waals surface area contributed by atoms with E-state index in [1.54, 1.807) is 6.08 Å². The van der Waals surface area contributed by atoms with Crippen LogP contribution in [0.15, 0.2) is 23.0 Å². The normalized spacial score (nSPS) is 16.7. The maximum Gasteiger partial charge on any atom is 0.342 e. The summed E-state index contributed by atoms with van der Waals surface area (Å²) in [6, 6.07) is 0. The number of rotatable bonds is 2. The average molecular weight is 240 g/mol. The topological polar surface area (TPSA) is 72.8 Å². The summed E-state index contributed by atoms with van der Waals surface area (Å²) in [6.07, 6.45) is 4.24. The predicted octanol–water partition coefficient (Wildman–Crippen LogP) is 1.64. The summed E-state index contributed by atoms with van der Waals surface area (Å²) in [7, 11) is 2.43. The molecule has 0 bridgehead atoms. The first-order valence-corrected chi connectivity index (χ1v) is 5.41. The summed E-state index contributed by atoms with van der Waals surface area (Å²) >= 11 is 0. The van der Waals surface area contributed by atoms with E-state index < -0.39 is 11.9 Å². The smallest absolute Gasteiger partial charge is 0.342 e. The Kier molecular flexibility index (Phi) is 4.75. The Balaban J connectivity index is 3.21. The lowest BCUT2D eigenvalue weighted by Crippen LogP contribution is -2.18. The number of carbonyl (C=O) groups excluding carboxylic acids is 2. The average Bonchev–Trinajstić information content (AvgIpc) is 2.32. The highest BCUT2D eigenvalue weighted by Crippen LogP contribution is 2.24. The maximum absolute atomic E-state index is 11.6. The predicted molar refractivity (Wildman–Crippen MR) is 60.2 cm³/mol. The molecule has 94 valence electrons. The van der Waals surface area contributed by atoms with Crippen molar-refractivity contribution in [1.29, 1.82) is 0 Å². The molecule has 0 atom stereocenters. The lowest BCUT2D eigenvalue weighted by atomic mass is 9.97. The first-order valence-electron chi connectivity index (χ1n) is 5.41. The van der Waals surface area contributed by atoms with Gasteiger partial charge in [-0.3, -0.25) is 0 Å². The van der Waals surface area contributed by atoms with E-state index in [1.807, 2.05) is 0 Å². The number of methoxy groups -OCH3 is 2. The van der Waals surface area contributed by atoms with Gasteiger partial charge in [0.15, 0.2) is 0 Å². The molecule has 0 unspecified atom stereocenters. The number of aliphatic hydroxyl groups excluding tert-OH is 1. The largest absolute Gasteiger partial charge is 0.511 e. The van der Waals surface area contributed by atoms with Crippen molar-refractivity contribution in [1.82, 2.24) is 0 Å². The number of carbonyl (C=O) groups is 2. The number of aliphatic hydroxyl groups is 1. The number of hydrogen-bond donors (Lipinski definition) is 1. The first kappa shape index (κ1) is 13.3. The maximum atomic E-state index is 11.6. The zero-order valence-electron chi connectivity index (χ0n) is 9.99. The summed E-state index contributed by atoms with van der Waals surface area (Å²) in [5.74, 6) is -1.48. The lowest BCUT2D eigenvalue weighted by molar-refractivity contribution is -0.139. The highest BCUT2D eigenvalue weighted by molar-refractivity contribution is 6.07. The van der Waals surface area contributed by atoms with E-state index >= 15 is 0 Å². The second kappa shape index (κ2) is 6.08. The summed E-state index contributed by atoms with van der Waals surface area (Å²) < 4.78 is 9.17. The molecule has 1 rings (SSSR count). The minimum absolute atomic E-state index is 0.0801. The minimum atomic E-state index is -0.721. The van der Waals surface area contributed by atoms with Crippen LogP contribution in [0.5, 0.6) is 0 Å². The van der Waals surface area contributed by atoms with Crippen molar-refractivity contribution in [2.45, 2.75) is 25.7 Å². The van der Waals surface area contributed by atoms with Crippen LogP contribution in [0.2, 0.25) is 0 Å². The standard InChI is InChI=1S/C12H16O5/c1-16-11(14)8-6-4-3-5-7-9(13)10(8)12(15)17-2/h6,13H,3-5,7H2,1-2H3. The Morgan fingerprint density at radius 2 is 1.82 bits per heavy atom. The molecule has 5 heteroatoms. The molecule has 0 aromatic rings. The fourth-order valence-electron chi connectivity index (χ4n) is 1.69. The van der Waals surface area contributed by atoms with Crippen LogP contribution in [0.4, 0.5) is 0 Å². The van der Waals surface area contributed by atoms with E-state index in [0.29, 0.717) is 12.8 Å². The van der Waals surface area contributed by atoms with Crippen molar-refractivity contribution in [3.63, 3.8) is 0 Å². The molecule has 1 N–H and O–H groups in total. The van der Waals surface area contributed by atoms with E-state index in [4.69, 9.17) is 0 Å². The number of hydrogen-bond acceptors (Lipinski definition) is 5. The van der Waals surface area contributed by atoms with Crippen molar-refractivity contribution in [2.24, 2.45) is 0 Å². The van der Waals surface area contributed by atoms with Crippen LogP contribution in [0.1, 0.15) is 25.7 Å². The Hall–Kier alpha value is -1.78. The van der Waals surface area contributed by atoms with Crippen molar-refractivity contribution in [3.8, 4) is 0 Å². The summed E-state index contributed by atoms with van der Waals surface area (Å²) in [4.78, 5) is 23.1. The first-order chi connectivity index (χ1) is 8.11. The fourth-order valence-corrected chi connectivity index (χ4v) is 1.69. The van der Waals surface area contributed by atoms with Gasteiger partial charge in [0.25, 0.3) is 0 Å². The van der Waals surface area contributed by atoms with Crippen molar-refractivity contribution < 1.29 is 24.2 Å². The molecule has 0 aromatic heterocycles. The molecule has 1 aliphatic rings. The van der Waals surface area contributed by atoms with Crippen LogP contribution in [0.3, 0.4) is 0 Å². The van der Waals surface area contributed by atoms with E-state index in [2.05, 4.69) is 9.47 Å². The molecule has 0 saturated carbocycles. The van der Waals surface area contributed by atoms with Crippen molar-refractivity contribution >= 4 is 11.9 Å². The van der Waals surface area contributed by atoms with E-state index in [9.17, 15) is 14.7 Å². The quantitative estimate of drug-likeness (QED) is 0.743. The Morgan fingerprint density at radius 1 is 1.18 bits per heavy atom. The fraction of sp³-hybridized carbons (Fsp3) is 0.500. The molecular weight excluding hydrogens is 224 g/mol. The minimum Gasteiger partial charge on any atom is -0.511 e. The molecule has 0 spiro atoms. The molecular formula is C12H16O5. The third-order valence-electron chi connectivity index (χ3n) is 2.57. The SMILES string of the molecule is COC(=O)C1=CCCCCC(O)=C1C(=O)OC. The van der Waals surface area contributed by atoms with Gasteiger partial charge in [0.2, 0.25) is 0 Å². The van der Waals surface area contributed by atoms with Gasteiger partial charge in [0.05, 0.1) is 19.8 Å². The zero-order valence-corrected chi connectivity index (χ0v) is 9.99. The Bertz CT molecular complexity index is 378. The molecule has 0 amide bonds. The van der Waals surface area contributed by atoms with Crippen LogP contribution in [0, 0.1) is 0 Å². The number of ether oxygens (including phenoxy) is 2. The lowest BCUT2D eigenvalue weighted by Gasteiger charge is -2.14. The number of esters is 2. The van der Waals surface area contributed by atoms with Gasteiger partial charge in [-0.1, -0.05) is 6.08 Å². The van der Waals surface area contributed by atoms with Crippen molar-refractivity contribution in [3.05, 3.63) is 23.0 Å². The van der Waals surface area contributed by atoms with Gasteiger partial charge in [-0.25, -0.2) is 9.59 Å². The van der Waals surface area contributed by atoms with E-state index in [0.717, 1.165) is 12.8 Å². The Morgan fingerprint density at radius 3 is 2.41 bits per heavy atom. The monoisotopic (exact) mass is 240 g/mol. The molecule has 17 heavy (non-hydrogen) atoms. The summed E-state index contributed by atoms with van der Waals surface area (Å²) in [6.45, 7) is 0. The van der Waals surface area contributed by atoms with Gasteiger partial charge < -0.3 is 14.6 Å². The van der Waals surface area contributed by atoms with E-state index in [-0.39, 0.29) is 16.9 Å². The molecule has 0 fully saturated rings. The van der Waals surface area contributed by atoms with Gasteiger partial charge in [0, 0.05) is 6.42 Å². The molecule has 5 nitrogen and oxygen atoms in total. The molecule has 0 radical (unpaired) electrons. The van der Waals surface area contributed by atoms with E-state index in [1.165, 1.54) is 14.2 Å². The van der Waals surface area contributed by atoms with Gasteiger partial charge >= 0.3 is 11.9 Å². The zero-order chi connectivity index (χ0) is 12.8. The van der Waals surface area contributed by atoms with Crippen LogP contribution in [-0.4, -0.2) is 31.3 Å². The summed E-state index contributed by atoms with van der Waals surface area (Å²) in [5.41, 5.74) is -0.00407. The third-order valence-corrected chi connectivity index (χ3v) is 2.57. The Labute approximate surface area is 99.7 Å². The summed E-state index contributed by atoms with van der Waals surface area (Å²) in [5, 5.41) is 9.82. The van der Waals surface area contributed by atoms with Gasteiger partial charge in [-0.2, -0.15) is 0 Å². The van der Waals surface area contributed by atoms with Gasteiger partial charge in [-0.15, -0.1) is 0 Å². The highest BCUT2D eigenvalue weighted by atomic mass is 16.5. The third kappa shape index (κ3) is 3.09. The molecule has 1 aliphatic carbocycles. The molecule has 0 aromatic carbocycles. The number of allylic oxidation sites excluding steroid dienone is 2. The molecule has 0 saturated heterocycles. The van der Waals surface area contributed by atoms with Gasteiger partial charge in [-0.05, 0) is 19.3 Å². The molecule has 0 aliphatic heterocycles. The van der Waals surface area contributed by atoms with Crippen LogP contribution < -0.4 is 0 Å². The van der Waals surface area contributed by atoms with Gasteiger partial charge in [0.1, 0.15) is 11.3 Å².